The van der Waals surface area contributed by atoms with Crippen molar-refractivity contribution >= 4 is 13.0 Å². The summed E-state index contributed by atoms with van der Waals surface area (Å²) in [4.78, 5) is 4.03. The molecular weight excluding hydrogens is 145 g/mol. The topological polar surface area (TPSA) is 62.0 Å². The molecule has 62 valence electrons. The van der Waals surface area contributed by atoms with Gasteiger partial charge in [-0.1, -0.05) is 0 Å². The first kappa shape index (κ1) is 8.55. The van der Waals surface area contributed by atoms with E-state index in [1.54, 1.807) is 7.11 Å². The van der Waals surface area contributed by atoms with Crippen molar-refractivity contribution in [3.05, 3.63) is 0 Å². The summed E-state index contributed by atoms with van der Waals surface area (Å²) in [5.74, 6) is 0.593. The molecule has 1 heterocycles. The van der Waals surface area contributed by atoms with Crippen LogP contribution in [-0.4, -0.2) is 36.7 Å². The second kappa shape index (κ2) is 3.73. The van der Waals surface area contributed by atoms with Gasteiger partial charge in [0.15, 0.2) is 5.90 Å². The van der Waals surface area contributed by atoms with Crippen LogP contribution in [0.25, 0.3) is 0 Å². The maximum atomic E-state index is 8.78. The number of aliphatic imine (C=N–C) groups is 1. The molecule has 0 aromatic rings. The van der Waals surface area contributed by atoms with Crippen LogP contribution < -0.4 is 0 Å². The Morgan fingerprint density at radius 2 is 2.36 bits per heavy atom. The summed E-state index contributed by atoms with van der Waals surface area (Å²) in [7, 11) is 0.339. The summed E-state index contributed by atoms with van der Waals surface area (Å²) in [6.45, 7) is 0.459. The fraction of sp³-hybridized carbons (Fsp3) is 0.833. The van der Waals surface area contributed by atoms with E-state index in [4.69, 9.17) is 14.8 Å². The molecule has 1 aliphatic heterocycles. The number of rotatable bonds is 1. The van der Waals surface area contributed by atoms with Gasteiger partial charge < -0.3 is 14.8 Å². The van der Waals surface area contributed by atoms with Crippen molar-refractivity contribution in [2.45, 2.75) is 18.7 Å². The number of ether oxygens (including phenoxy) is 1. The van der Waals surface area contributed by atoms with E-state index in [0.717, 1.165) is 6.42 Å². The Kier molecular flexibility index (Phi) is 2.90. The van der Waals surface area contributed by atoms with Crippen LogP contribution in [0.4, 0.5) is 0 Å². The highest BCUT2D eigenvalue weighted by Gasteiger charge is 2.26. The van der Waals surface area contributed by atoms with Gasteiger partial charge in [0.25, 0.3) is 0 Å². The maximum absolute atomic E-state index is 8.78. The van der Waals surface area contributed by atoms with Crippen molar-refractivity contribution < 1.29 is 14.8 Å². The zero-order chi connectivity index (χ0) is 8.27. The second-order valence-electron chi connectivity index (χ2n) is 2.65. The molecule has 0 aromatic heterocycles. The van der Waals surface area contributed by atoms with E-state index in [-0.39, 0.29) is 5.82 Å². The minimum atomic E-state index is -1.24. The maximum Gasteiger partial charge on any atom is 0.456 e. The number of methoxy groups -OCH3 is 1. The molecule has 0 radical (unpaired) electrons. The standard InChI is InChI=1S/C6H12BNO3/c1-11-6-3-2-5(4-8-6)7(9)10/h5,9-10H,2-4H2,1H3. The highest BCUT2D eigenvalue weighted by molar-refractivity contribution is 6.43. The smallest absolute Gasteiger partial charge is 0.456 e. The molecule has 0 bridgehead atoms. The molecule has 1 aliphatic rings. The van der Waals surface area contributed by atoms with Crippen molar-refractivity contribution in [2.75, 3.05) is 13.7 Å². The lowest BCUT2D eigenvalue weighted by Crippen LogP contribution is -2.26. The lowest BCUT2D eigenvalue weighted by molar-refractivity contribution is 0.355. The molecule has 2 N–H and O–H groups in total. The molecule has 0 spiro atoms. The molecule has 11 heavy (non-hydrogen) atoms. The molecule has 4 nitrogen and oxygen atoms in total. The molecule has 0 fully saturated rings. The van der Waals surface area contributed by atoms with Gasteiger partial charge in [-0.25, -0.2) is 0 Å². The van der Waals surface area contributed by atoms with Crippen LogP contribution >= 0.6 is 0 Å². The zero-order valence-electron chi connectivity index (χ0n) is 6.53. The Balaban J connectivity index is 2.41. The van der Waals surface area contributed by atoms with Gasteiger partial charge in [-0.05, 0) is 6.42 Å². The molecule has 5 heteroatoms. The van der Waals surface area contributed by atoms with Crippen molar-refractivity contribution in [1.82, 2.24) is 0 Å². The SMILES string of the molecule is COC1=NCC(B(O)O)CC1. The number of hydrogen-bond acceptors (Lipinski definition) is 4. The monoisotopic (exact) mass is 157 g/mol. The molecular formula is C6H12BNO3. The first-order chi connectivity index (χ1) is 5.24. The summed E-state index contributed by atoms with van der Waals surface area (Å²) in [6, 6.07) is 0. The summed E-state index contributed by atoms with van der Waals surface area (Å²) in [6.07, 6.45) is 1.45. The Bertz CT molecular complexity index is 160. The van der Waals surface area contributed by atoms with E-state index in [0.29, 0.717) is 18.9 Å². The van der Waals surface area contributed by atoms with Gasteiger partial charge in [0.2, 0.25) is 0 Å². The third-order valence-electron chi connectivity index (χ3n) is 1.89. The largest absolute Gasteiger partial charge is 0.484 e. The first-order valence-corrected chi connectivity index (χ1v) is 3.67. The van der Waals surface area contributed by atoms with E-state index in [1.807, 2.05) is 0 Å². The lowest BCUT2D eigenvalue weighted by Gasteiger charge is -2.18. The summed E-state index contributed by atoms with van der Waals surface area (Å²) >= 11 is 0. The normalized spacial score (nSPS) is 24.3. The predicted molar refractivity (Wildman–Crippen MR) is 42.5 cm³/mol. The van der Waals surface area contributed by atoms with E-state index >= 15 is 0 Å². The highest BCUT2D eigenvalue weighted by atomic mass is 16.5. The average Bonchev–Trinajstić information content (AvgIpc) is 2.05. The molecule has 1 atom stereocenters. The van der Waals surface area contributed by atoms with E-state index in [2.05, 4.69) is 4.99 Å². The van der Waals surface area contributed by atoms with Crippen LogP contribution in [0.5, 0.6) is 0 Å². The quantitative estimate of drug-likeness (QED) is 0.512. The summed E-state index contributed by atoms with van der Waals surface area (Å²) in [5.41, 5.74) is 0. The second-order valence-corrected chi connectivity index (χ2v) is 2.65. The van der Waals surface area contributed by atoms with Gasteiger partial charge in [0, 0.05) is 18.8 Å². The molecule has 0 aliphatic carbocycles. The fourth-order valence-electron chi connectivity index (χ4n) is 1.11. The highest BCUT2D eigenvalue weighted by Crippen LogP contribution is 2.20. The van der Waals surface area contributed by atoms with Gasteiger partial charge in [-0.15, -0.1) is 0 Å². The Labute approximate surface area is 66.0 Å². The Morgan fingerprint density at radius 1 is 1.64 bits per heavy atom. The fourth-order valence-corrected chi connectivity index (χ4v) is 1.11. The van der Waals surface area contributed by atoms with E-state index in [1.165, 1.54) is 0 Å². The Morgan fingerprint density at radius 3 is 2.73 bits per heavy atom. The predicted octanol–water partition coefficient (Wildman–Crippen LogP) is -0.332. The molecule has 0 aromatic carbocycles. The molecule has 1 unspecified atom stereocenters. The van der Waals surface area contributed by atoms with Crippen LogP contribution in [0.15, 0.2) is 4.99 Å². The summed E-state index contributed by atoms with van der Waals surface area (Å²) in [5, 5.41) is 17.6. The van der Waals surface area contributed by atoms with Crippen molar-refractivity contribution in [1.29, 1.82) is 0 Å². The minimum Gasteiger partial charge on any atom is -0.484 e. The average molecular weight is 157 g/mol. The first-order valence-electron chi connectivity index (χ1n) is 3.67. The molecule has 0 saturated carbocycles. The van der Waals surface area contributed by atoms with Crippen molar-refractivity contribution in [2.24, 2.45) is 4.99 Å². The third-order valence-corrected chi connectivity index (χ3v) is 1.89. The molecule has 0 amide bonds. The van der Waals surface area contributed by atoms with Crippen molar-refractivity contribution in [3.63, 3.8) is 0 Å². The van der Waals surface area contributed by atoms with Gasteiger partial charge in [0.1, 0.15) is 0 Å². The molecule has 0 saturated heterocycles. The molecule has 1 rings (SSSR count). The van der Waals surface area contributed by atoms with E-state index in [9.17, 15) is 0 Å². The van der Waals surface area contributed by atoms with E-state index < -0.39 is 7.12 Å². The van der Waals surface area contributed by atoms with Gasteiger partial charge in [-0.3, -0.25) is 4.99 Å². The number of hydrogen-bond donors (Lipinski definition) is 2. The van der Waals surface area contributed by atoms with Gasteiger partial charge in [0.05, 0.1) is 7.11 Å². The van der Waals surface area contributed by atoms with Gasteiger partial charge in [-0.2, -0.15) is 0 Å². The van der Waals surface area contributed by atoms with Crippen LogP contribution in [0.2, 0.25) is 5.82 Å². The van der Waals surface area contributed by atoms with Gasteiger partial charge >= 0.3 is 7.12 Å². The lowest BCUT2D eigenvalue weighted by atomic mass is 9.69. The summed E-state index contributed by atoms with van der Waals surface area (Å²) < 4.78 is 4.91. The van der Waals surface area contributed by atoms with Crippen LogP contribution in [0, 0.1) is 0 Å². The van der Waals surface area contributed by atoms with Crippen molar-refractivity contribution in [3.8, 4) is 0 Å². The third kappa shape index (κ3) is 2.20. The Hall–Kier alpha value is -0.545. The van der Waals surface area contributed by atoms with Crippen LogP contribution in [-0.2, 0) is 4.74 Å². The zero-order valence-corrected chi connectivity index (χ0v) is 6.53. The van der Waals surface area contributed by atoms with Crippen LogP contribution in [0.3, 0.4) is 0 Å². The minimum absolute atomic E-state index is 0.117. The number of nitrogens with zero attached hydrogens (tertiary/aromatic N) is 1. The van der Waals surface area contributed by atoms with Crippen LogP contribution in [0.1, 0.15) is 12.8 Å².